The molecular formula is C13H14BrN3OS. The van der Waals surface area contributed by atoms with Gasteiger partial charge in [0.2, 0.25) is 0 Å². The van der Waals surface area contributed by atoms with Crippen LogP contribution in [0.5, 0.6) is 0 Å². The Labute approximate surface area is 124 Å². The fraction of sp³-hybridized carbons (Fsp3) is 0.231. The van der Waals surface area contributed by atoms with Crippen LogP contribution in [0.4, 0.5) is 5.82 Å². The van der Waals surface area contributed by atoms with Crippen molar-refractivity contribution < 1.29 is 4.79 Å². The minimum atomic E-state index is -0.199. The zero-order valence-electron chi connectivity index (χ0n) is 10.4. The van der Waals surface area contributed by atoms with Crippen molar-refractivity contribution in [3.05, 3.63) is 44.7 Å². The Hall–Kier alpha value is -1.40. The summed E-state index contributed by atoms with van der Waals surface area (Å²) in [6.45, 7) is 1.97. The highest BCUT2D eigenvalue weighted by molar-refractivity contribution is 9.10. The molecule has 4 nitrogen and oxygen atoms in total. The van der Waals surface area contributed by atoms with Crippen molar-refractivity contribution in [2.75, 3.05) is 5.73 Å². The summed E-state index contributed by atoms with van der Waals surface area (Å²) in [5.41, 5.74) is 6.11. The summed E-state index contributed by atoms with van der Waals surface area (Å²) < 4.78 is 0.734. The number of hydrogen-bond donors (Lipinski definition) is 2. The van der Waals surface area contributed by atoms with E-state index in [0.717, 1.165) is 10.9 Å². The number of pyridine rings is 1. The second-order valence-corrected chi connectivity index (χ2v) is 6.19. The van der Waals surface area contributed by atoms with E-state index >= 15 is 0 Å². The zero-order valence-corrected chi connectivity index (χ0v) is 12.8. The van der Waals surface area contributed by atoms with E-state index in [-0.39, 0.29) is 17.8 Å². The van der Waals surface area contributed by atoms with Crippen LogP contribution in [0.3, 0.4) is 0 Å². The number of hydrogen-bond acceptors (Lipinski definition) is 4. The van der Waals surface area contributed by atoms with Crippen molar-refractivity contribution in [2.24, 2.45) is 0 Å². The summed E-state index contributed by atoms with van der Waals surface area (Å²) >= 11 is 4.97. The summed E-state index contributed by atoms with van der Waals surface area (Å²) in [6, 6.07) is 5.78. The third kappa shape index (κ3) is 3.78. The highest BCUT2D eigenvalue weighted by atomic mass is 79.9. The number of halogens is 1. The number of nitrogens with zero attached hydrogens (tertiary/aromatic N) is 1. The molecule has 0 aliphatic heterocycles. The van der Waals surface area contributed by atoms with Crippen molar-refractivity contribution >= 4 is 39.0 Å². The molecule has 0 saturated heterocycles. The molecule has 0 aromatic carbocycles. The number of carbonyl (C=O) groups excluding carboxylic acids is 1. The smallest absolute Gasteiger partial charge is 0.255 e. The summed E-state index contributed by atoms with van der Waals surface area (Å²) in [5.74, 6) is 0.0411. The van der Waals surface area contributed by atoms with E-state index in [4.69, 9.17) is 5.73 Å². The number of nitrogens with two attached hydrogens (primary N) is 1. The van der Waals surface area contributed by atoms with Crippen LogP contribution in [0.25, 0.3) is 0 Å². The number of thiophene rings is 1. The Morgan fingerprint density at radius 2 is 2.42 bits per heavy atom. The van der Waals surface area contributed by atoms with Crippen molar-refractivity contribution in [2.45, 2.75) is 19.4 Å². The highest BCUT2D eigenvalue weighted by Gasteiger charge is 2.14. The van der Waals surface area contributed by atoms with Crippen LogP contribution in [-0.2, 0) is 6.42 Å². The van der Waals surface area contributed by atoms with E-state index in [9.17, 15) is 4.79 Å². The lowest BCUT2D eigenvalue weighted by Crippen LogP contribution is -2.34. The molecule has 100 valence electrons. The maximum Gasteiger partial charge on any atom is 0.255 e. The molecule has 2 aromatic rings. The number of rotatable bonds is 4. The molecule has 19 heavy (non-hydrogen) atoms. The predicted octanol–water partition coefficient (Wildman–Crippen LogP) is 2.85. The van der Waals surface area contributed by atoms with Gasteiger partial charge in [-0.05, 0) is 40.4 Å². The molecule has 0 aliphatic carbocycles. The average molecular weight is 340 g/mol. The molecule has 0 saturated carbocycles. The first-order valence-corrected chi connectivity index (χ1v) is 7.48. The highest BCUT2D eigenvalue weighted by Crippen LogP contribution is 2.16. The molecule has 3 N–H and O–H groups in total. The first-order chi connectivity index (χ1) is 9.06. The molecule has 0 radical (unpaired) electrons. The molecular weight excluding hydrogens is 326 g/mol. The van der Waals surface area contributed by atoms with Gasteiger partial charge in [0.15, 0.2) is 0 Å². The second kappa shape index (κ2) is 6.16. The van der Waals surface area contributed by atoms with Gasteiger partial charge in [-0.1, -0.05) is 6.07 Å². The Balaban J connectivity index is 2.02. The molecule has 0 aliphatic rings. The van der Waals surface area contributed by atoms with Gasteiger partial charge in [0.25, 0.3) is 5.91 Å². The van der Waals surface area contributed by atoms with Crippen LogP contribution in [0.2, 0.25) is 0 Å². The molecule has 6 heteroatoms. The van der Waals surface area contributed by atoms with Crippen LogP contribution in [0, 0.1) is 0 Å². The van der Waals surface area contributed by atoms with E-state index in [2.05, 4.69) is 32.3 Å². The monoisotopic (exact) mass is 339 g/mol. The number of nitrogen functional groups attached to an aromatic ring is 1. The third-order valence-corrected chi connectivity index (χ3v) is 3.93. The minimum Gasteiger partial charge on any atom is -0.383 e. The molecule has 0 spiro atoms. The van der Waals surface area contributed by atoms with Crippen molar-refractivity contribution in [1.82, 2.24) is 10.3 Å². The zero-order chi connectivity index (χ0) is 13.8. The van der Waals surface area contributed by atoms with Crippen molar-refractivity contribution in [3.63, 3.8) is 0 Å². The normalized spacial score (nSPS) is 12.1. The lowest BCUT2D eigenvalue weighted by molar-refractivity contribution is 0.0941. The molecule has 2 rings (SSSR count). The summed E-state index contributed by atoms with van der Waals surface area (Å²) in [4.78, 5) is 17.3. The number of aromatic nitrogens is 1. The number of nitrogens with one attached hydrogen (secondary N) is 1. The van der Waals surface area contributed by atoms with Crippen LogP contribution < -0.4 is 11.1 Å². The molecule has 2 heterocycles. The second-order valence-electron chi connectivity index (χ2n) is 4.24. The molecule has 1 amide bonds. The first kappa shape index (κ1) is 14.0. The Morgan fingerprint density at radius 3 is 3.11 bits per heavy atom. The third-order valence-electron chi connectivity index (χ3n) is 2.59. The lowest BCUT2D eigenvalue weighted by Gasteiger charge is -2.13. The fourth-order valence-corrected chi connectivity index (χ4v) is 2.88. The van der Waals surface area contributed by atoms with Crippen molar-refractivity contribution in [1.29, 1.82) is 0 Å². The van der Waals surface area contributed by atoms with E-state index in [1.54, 1.807) is 23.6 Å². The lowest BCUT2D eigenvalue weighted by atomic mass is 10.2. The standard InChI is InChI=1S/C13H14BrN3OS/c1-8(5-10-3-2-4-19-10)17-13(18)11-6-9(14)7-16-12(11)15/h2-4,6-8H,5H2,1H3,(H2,15,16)(H,17,18). The molecule has 1 atom stereocenters. The van der Waals surface area contributed by atoms with Gasteiger partial charge in [-0.2, -0.15) is 0 Å². The van der Waals surface area contributed by atoms with Crippen molar-refractivity contribution in [3.8, 4) is 0 Å². The minimum absolute atomic E-state index is 0.0459. The molecule has 1 unspecified atom stereocenters. The molecule has 0 bridgehead atoms. The van der Waals surface area contributed by atoms with Gasteiger partial charge >= 0.3 is 0 Å². The van der Waals surface area contributed by atoms with Gasteiger partial charge in [0.05, 0.1) is 5.56 Å². The van der Waals surface area contributed by atoms with Crippen LogP contribution in [-0.4, -0.2) is 16.9 Å². The van der Waals surface area contributed by atoms with Gasteiger partial charge in [-0.3, -0.25) is 4.79 Å². The van der Waals surface area contributed by atoms with Gasteiger partial charge in [-0.25, -0.2) is 4.98 Å². The van der Waals surface area contributed by atoms with Crippen LogP contribution in [0.1, 0.15) is 22.2 Å². The topological polar surface area (TPSA) is 68.0 Å². The van der Waals surface area contributed by atoms with Crippen LogP contribution >= 0.6 is 27.3 Å². The maximum atomic E-state index is 12.1. The number of anilines is 1. The van der Waals surface area contributed by atoms with Gasteiger partial charge in [0.1, 0.15) is 5.82 Å². The Kier molecular flexibility index (Phi) is 4.55. The molecule has 0 fully saturated rings. The van der Waals surface area contributed by atoms with Gasteiger partial charge < -0.3 is 11.1 Å². The largest absolute Gasteiger partial charge is 0.383 e. The van der Waals surface area contributed by atoms with Gasteiger partial charge in [0, 0.05) is 28.0 Å². The fourth-order valence-electron chi connectivity index (χ4n) is 1.71. The predicted molar refractivity (Wildman–Crippen MR) is 81.3 cm³/mol. The summed E-state index contributed by atoms with van der Waals surface area (Å²) in [6.07, 6.45) is 2.38. The average Bonchev–Trinajstić information content (AvgIpc) is 2.84. The first-order valence-electron chi connectivity index (χ1n) is 5.80. The molecule has 2 aromatic heterocycles. The van der Waals surface area contributed by atoms with Gasteiger partial charge in [-0.15, -0.1) is 11.3 Å². The Bertz CT molecular complexity index is 571. The maximum absolute atomic E-state index is 12.1. The van der Waals surface area contributed by atoms with E-state index in [1.807, 2.05) is 18.4 Å². The van der Waals surface area contributed by atoms with E-state index in [0.29, 0.717) is 5.56 Å². The number of amides is 1. The quantitative estimate of drug-likeness (QED) is 0.899. The summed E-state index contributed by atoms with van der Waals surface area (Å²) in [5, 5.41) is 4.96. The SMILES string of the molecule is CC(Cc1cccs1)NC(=O)c1cc(Br)cnc1N. The number of carbonyl (C=O) groups is 1. The van der Waals surface area contributed by atoms with E-state index < -0.39 is 0 Å². The Morgan fingerprint density at radius 1 is 1.63 bits per heavy atom. The van der Waals surface area contributed by atoms with E-state index in [1.165, 1.54) is 4.88 Å². The summed E-state index contributed by atoms with van der Waals surface area (Å²) in [7, 11) is 0. The van der Waals surface area contributed by atoms with Crippen LogP contribution in [0.15, 0.2) is 34.2 Å².